The fourth-order valence-electron chi connectivity index (χ4n) is 2.01. The molecular weight excluding hydrogens is 284 g/mol. The molecule has 0 radical (unpaired) electrons. The fourth-order valence-corrected chi connectivity index (χ4v) is 2.01. The van der Waals surface area contributed by atoms with E-state index in [0.717, 1.165) is 0 Å². The molecule has 112 valence electrons. The van der Waals surface area contributed by atoms with Crippen molar-refractivity contribution in [1.82, 2.24) is 0 Å². The van der Waals surface area contributed by atoms with Gasteiger partial charge in [0.25, 0.3) is 11.7 Å². The smallest absolute Gasteiger partial charge is 0.261 e. The minimum Gasteiger partial charge on any atom is -0.411 e. The van der Waals surface area contributed by atoms with Crippen LogP contribution in [0.15, 0.2) is 54.2 Å². The summed E-state index contributed by atoms with van der Waals surface area (Å²) in [5.74, 6) is -0.582. The number of hydrogen-bond donors (Lipinski definition) is 2. The van der Waals surface area contributed by atoms with E-state index in [9.17, 15) is 9.59 Å². The Balaban J connectivity index is 2.05. The lowest BCUT2D eigenvalue weighted by Gasteiger charge is -1.98. The molecule has 2 aromatic rings. The van der Waals surface area contributed by atoms with Gasteiger partial charge in [-0.05, 0) is 12.1 Å². The highest BCUT2D eigenvalue weighted by Crippen LogP contribution is 1.93. The molecule has 0 aliphatic rings. The molecule has 2 rings (SSSR count). The second-order valence-corrected chi connectivity index (χ2v) is 4.72. The largest absolute Gasteiger partial charge is 0.411 e. The van der Waals surface area contributed by atoms with Gasteiger partial charge in [-0.2, -0.15) is 9.13 Å². The topological polar surface area (TPSA) is 101 Å². The van der Waals surface area contributed by atoms with Crippen LogP contribution in [0.2, 0.25) is 0 Å². The highest BCUT2D eigenvalue weighted by molar-refractivity contribution is 5.92. The number of Topliss-reactive ketones (excluding diaryl/α,β-unsaturated/α-hetero) is 1. The van der Waals surface area contributed by atoms with E-state index < -0.39 is 5.91 Å². The first-order chi connectivity index (χ1) is 10.6. The first-order valence-electron chi connectivity index (χ1n) is 6.55. The Labute approximate surface area is 126 Å². The lowest BCUT2D eigenvalue weighted by molar-refractivity contribution is -0.702. The summed E-state index contributed by atoms with van der Waals surface area (Å²) < 4.78 is 3.31. The minimum absolute atomic E-state index is 0.0466. The molecule has 0 saturated carbocycles. The number of amides is 1. The number of hydrogen-bond acceptors (Lipinski definition) is 4. The van der Waals surface area contributed by atoms with Gasteiger partial charge in [0.2, 0.25) is 13.1 Å². The third-order valence-corrected chi connectivity index (χ3v) is 2.95. The maximum Gasteiger partial charge on any atom is 0.261 e. The minimum atomic E-state index is -0.535. The molecule has 0 fully saturated rings. The van der Waals surface area contributed by atoms with Gasteiger partial charge in [0.15, 0.2) is 24.8 Å². The lowest BCUT2D eigenvalue weighted by Crippen LogP contribution is -2.45. The third-order valence-electron chi connectivity index (χ3n) is 2.95. The summed E-state index contributed by atoms with van der Waals surface area (Å²) in [7, 11) is 0. The van der Waals surface area contributed by atoms with Crippen molar-refractivity contribution in [2.24, 2.45) is 10.9 Å². The number of carbonyl (C=O) groups excluding carboxylic acids is 2. The number of oxime groups is 1. The van der Waals surface area contributed by atoms with Gasteiger partial charge in [-0.25, -0.2) is 0 Å². The zero-order valence-electron chi connectivity index (χ0n) is 11.8. The molecule has 2 heterocycles. The van der Waals surface area contributed by atoms with Crippen molar-refractivity contribution in [2.75, 3.05) is 0 Å². The summed E-state index contributed by atoms with van der Waals surface area (Å²) in [6, 6.07) is 6.77. The molecule has 7 nitrogen and oxygen atoms in total. The van der Waals surface area contributed by atoms with Gasteiger partial charge in [0, 0.05) is 12.1 Å². The number of carbonyl (C=O) groups is 2. The molecule has 0 atom stereocenters. The summed E-state index contributed by atoms with van der Waals surface area (Å²) in [5, 5.41) is 11.5. The van der Waals surface area contributed by atoms with Crippen molar-refractivity contribution in [1.29, 1.82) is 0 Å². The van der Waals surface area contributed by atoms with Crippen LogP contribution in [0.5, 0.6) is 0 Å². The zero-order chi connectivity index (χ0) is 15.9. The highest BCUT2D eigenvalue weighted by atomic mass is 16.4. The molecule has 7 heteroatoms. The summed E-state index contributed by atoms with van der Waals surface area (Å²) in [4.78, 5) is 23.2. The second kappa shape index (κ2) is 7.07. The first kappa shape index (κ1) is 15.3. The Kier molecular flexibility index (Phi) is 4.92. The van der Waals surface area contributed by atoms with Crippen LogP contribution in [0.25, 0.3) is 0 Å². The van der Waals surface area contributed by atoms with Gasteiger partial charge in [0.05, 0.1) is 11.8 Å². The predicted octanol–water partition coefficient (Wildman–Crippen LogP) is -0.562. The molecular formula is C15H16N4O3+2. The number of aromatic nitrogens is 2. The molecule has 0 unspecified atom stereocenters. The molecule has 0 spiro atoms. The molecule has 0 bridgehead atoms. The average molecular weight is 300 g/mol. The van der Waals surface area contributed by atoms with Gasteiger partial charge in [-0.15, -0.1) is 0 Å². The number of rotatable bonds is 6. The molecule has 1 amide bonds. The maximum atomic E-state index is 12.1. The van der Waals surface area contributed by atoms with Gasteiger partial charge in [-0.1, -0.05) is 5.16 Å². The van der Waals surface area contributed by atoms with Gasteiger partial charge in [0.1, 0.15) is 5.56 Å². The average Bonchev–Trinajstić information content (AvgIpc) is 2.48. The summed E-state index contributed by atoms with van der Waals surface area (Å²) in [5.41, 5.74) is 6.24. The predicted molar refractivity (Wildman–Crippen MR) is 76.2 cm³/mol. The third kappa shape index (κ3) is 4.20. The van der Waals surface area contributed by atoms with Crippen molar-refractivity contribution in [3.05, 3.63) is 60.2 Å². The summed E-state index contributed by atoms with van der Waals surface area (Å²) >= 11 is 0. The van der Waals surface area contributed by atoms with Crippen LogP contribution in [0.1, 0.15) is 15.9 Å². The standard InChI is InChI=1S/C15H14N4O3/c16-15(21)13-4-2-6-19(9-13)11-14(20)10-18-5-1-3-12(8-18)7-17-22/h1-9H,10-11H2,(H-2,16,21,22)/p+2/b17-7+. The number of nitrogens with zero attached hydrogens (tertiary/aromatic N) is 3. The van der Waals surface area contributed by atoms with Crippen LogP contribution in [0, 0.1) is 0 Å². The first-order valence-corrected chi connectivity index (χ1v) is 6.55. The fraction of sp³-hybridized carbons (Fsp3) is 0.133. The van der Waals surface area contributed by atoms with Crippen molar-refractivity contribution in [3.8, 4) is 0 Å². The van der Waals surface area contributed by atoms with E-state index in [1.54, 1.807) is 58.2 Å². The van der Waals surface area contributed by atoms with E-state index in [1.165, 1.54) is 6.21 Å². The molecule has 0 aliphatic carbocycles. The van der Waals surface area contributed by atoms with Gasteiger partial charge in [-0.3, -0.25) is 9.59 Å². The van der Waals surface area contributed by atoms with Crippen molar-refractivity contribution in [2.45, 2.75) is 13.1 Å². The van der Waals surface area contributed by atoms with Crippen molar-refractivity contribution >= 4 is 17.9 Å². The monoisotopic (exact) mass is 300 g/mol. The van der Waals surface area contributed by atoms with Crippen LogP contribution in [0.4, 0.5) is 0 Å². The highest BCUT2D eigenvalue weighted by Gasteiger charge is 2.16. The Morgan fingerprint density at radius 1 is 1.14 bits per heavy atom. The SMILES string of the molecule is NC(=O)c1ccc[n+](CC(=O)C[n+]2cccc(/C=N/O)c2)c1. The second-order valence-electron chi connectivity index (χ2n) is 4.72. The quantitative estimate of drug-likeness (QED) is 0.323. The van der Waals surface area contributed by atoms with Gasteiger partial charge >= 0.3 is 0 Å². The van der Waals surface area contributed by atoms with E-state index >= 15 is 0 Å². The Morgan fingerprint density at radius 3 is 2.41 bits per heavy atom. The summed E-state index contributed by atoms with van der Waals surface area (Å²) in [6.07, 6.45) is 7.97. The lowest BCUT2D eigenvalue weighted by atomic mass is 10.2. The number of primary amides is 1. The molecule has 2 aromatic heterocycles. The van der Waals surface area contributed by atoms with E-state index in [0.29, 0.717) is 11.1 Å². The van der Waals surface area contributed by atoms with Crippen LogP contribution >= 0.6 is 0 Å². The Morgan fingerprint density at radius 2 is 1.77 bits per heavy atom. The molecule has 22 heavy (non-hydrogen) atoms. The molecule has 0 saturated heterocycles. The number of nitrogens with two attached hydrogens (primary N) is 1. The van der Waals surface area contributed by atoms with Crippen LogP contribution < -0.4 is 14.9 Å². The molecule has 3 N–H and O–H groups in total. The van der Waals surface area contributed by atoms with Gasteiger partial charge < -0.3 is 10.9 Å². The Hall–Kier alpha value is -3.09. The summed E-state index contributed by atoms with van der Waals surface area (Å²) in [6.45, 7) is 0.299. The number of ketones is 1. The molecule has 0 aliphatic heterocycles. The van der Waals surface area contributed by atoms with Crippen LogP contribution in [-0.2, 0) is 17.9 Å². The van der Waals surface area contributed by atoms with E-state index in [4.69, 9.17) is 10.9 Å². The van der Waals surface area contributed by atoms with Crippen molar-refractivity contribution < 1.29 is 23.9 Å². The van der Waals surface area contributed by atoms with Crippen LogP contribution in [0.3, 0.4) is 0 Å². The molecule has 0 aromatic carbocycles. The number of pyridine rings is 2. The van der Waals surface area contributed by atoms with E-state index in [2.05, 4.69) is 5.16 Å². The van der Waals surface area contributed by atoms with Crippen molar-refractivity contribution in [3.63, 3.8) is 0 Å². The Bertz CT molecular complexity index is 728. The van der Waals surface area contributed by atoms with E-state index in [-0.39, 0.29) is 18.9 Å². The normalized spacial score (nSPS) is 10.7. The van der Waals surface area contributed by atoms with E-state index in [1.807, 2.05) is 0 Å². The maximum absolute atomic E-state index is 12.1. The van der Waals surface area contributed by atoms with Crippen LogP contribution in [-0.4, -0.2) is 23.1 Å². The zero-order valence-corrected chi connectivity index (χ0v) is 11.8.